The summed E-state index contributed by atoms with van der Waals surface area (Å²) < 4.78 is 0. The summed E-state index contributed by atoms with van der Waals surface area (Å²) in [6.07, 6.45) is 4.32. The van der Waals surface area contributed by atoms with Crippen LogP contribution in [0.2, 0.25) is 0 Å². The lowest BCUT2D eigenvalue weighted by molar-refractivity contribution is -0.125. The van der Waals surface area contributed by atoms with Crippen molar-refractivity contribution in [3.05, 3.63) is 76.9 Å². The van der Waals surface area contributed by atoms with Crippen molar-refractivity contribution in [3.8, 4) is 0 Å². The van der Waals surface area contributed by atoms with E-state index in [1.807, 2.05) is 12.1 Å². The first kappa shape index (κ1) is 18.5. The summed E-state index contributed by atoms with van der Waals surface area (Å²) in [5, 5.41) is 2.58. The Labute approximate surface area is 149 Å². The van der Waals surface area contributed by atoms with E-state index in [0.29, 0.717) is 12.1 Å². The molecule has 0 heterocycles. The highest BCUT2D eigenvalue weighted by Gasteiger charge is 2.06. The van der Waals surface area contributed by atoms with Crippen LogP contribution >= 0.6 is 0 Å². The van der Waals surface area contributed by atoms with Gasteiger partial charge in [0.05, 0.1) is 0 Å². The molecule has 25 heavy (non-hydrogen) atoms. The van der Waals surface area contributed by atoms with Gasteiger partial charge in [-0.05, 0) is 41.3 Å². The van der Waals surface area contributed by atoms with Gasteiger partial charge in [-0.15, -0.1) is 0 Å². The first-order chi connectivity index (χ1) is 12.0. The molecule has 4 nitrogen and oxygen atoms in total. The molecule has 0 saturated heterocycles. The second kappa shape index (κ2) is 8.83. The predicted octanol–water partition coefficient (Wildman–Crippen LogP) is 3.28. The number of rotatable bonds is 6. The Hall–Kier alpha value is -2.88. The molecule has 0 spiro atoms. The Morgan fingerprint density at radius 2 is 1.60 bits per heavy atom. The largest absolute Gasteiger partial charge is 0.355 e. The predicted molar refractivity (Wildman–Crippen MR) is 101 cm³/mol. The van der Waals surface area contributed by atoms with E-state index in [4.69, 9.17) is 0 Å². The Morgan fingerprint density at radius 3 is 2.16 bits per heavy atom. The number of nitrogens with one attached hydrogen (secondary N) is 1. The Morgan fingerprint density at radius 1 is 1.00 bits per heavy atom. The van der Waals surface area contributed by atoms with Gasteiger partial charge in [0.15, 0.2) is 0 Å². The van der Waals surface area contributed by atoms with E-state index in [-0.39, 0.29) is 11.8 Å². The normalized spacial score (nSPS) is 10.7. The number of amides is 2. The lowest BCUT2D eigenvalue weighted by Crippen LogP contribution is -2.24. The van der Waals surface area contributed by atoms with E-state index in [1.54, 1.807) is 43.3 Å². The smallest absolute Gasteiger partial charge is 0.251 e. The monoisotopic (exact) mass is 336 g/mol. The summed E-state index contributed by atoms with van der Waals surface area (Å²) in [5.41, 5.74) is 3.87. The van der Waals surface area contributed by atoms with Crippen molar-refractivity contribution >= 4 is 17.9 Å². The van der Waals surface area contributed by atoms with E-state index < -0.39 is 0 Å². The molecule has 0 bridgehead atoms. The van der Waals surface area contributed by atoms with Crippen LogP contribution in [0.25, 0.3) is 6.08 Å². The minimum atomic E-state index is -0.125. The number of aryl methyl sites for hydroxylation is 1. The maximum atomic E-state index is 12.2. The average Bonchev–Trinajstić information content (AvgIpc) is 2.66. The minimum absolute atomic E-state index is 0.0602. The SMILES string of the molecule is CCc1ccc(CN(C)C(=O)/C=C/c2ccc(C(=O)NC)cc2)cc1. The van der Waals surface area contributed by atoms with Crippen molar-refractivity contribution in [2.75, 3.05) is 14.1 Å². The molecule has 2 aromatic carbocycles. The lowest BCUT2D eigenvalue weighted by Gasteiger charge is -2.15. The van der Waals surface area contributed by atoms with Gasteiger partial charge >= 0.3 is 0 Å². The number of hydrogen-bond acceptors (Lipinski definition) is 2. The molecule has 0 fully saturated rings. The van der Waals surface area contributed by atoms with Gasteiger partial charge in [0, 0.05) is 32.3 Å². The van der Waals surface area contributed by atoms with Gasteiger partial charge < -0.3 is 10.2 Å². The summed E-state index contributed by atoms with van der Waals surface area (Å²) in [6.45, 7) is 2.69. The summed E-state index contributed by atoms with van der Waals surface area (Å²) in [5.74, 6) is -0.185. The minimum Gasteiger partial charge on any atom is -0.355 e. The van der Waals surface area contributed by atoms with Crippen LogP contribution in [-0.4, -0.2) is 30.8 Å². The average molecular weight is 336 g/mol. The first-order valence-electron chi connectivity index (χ1n) is 8.36. The molecule has 2 aromatic rings. The summed E-state index contributed by atoms with van der Waals surface area (Å²) in [6, 6.07) is 15.4. The maximum absolute atomic E-state index is 12.2. The maximum Gasteiger partial charge on any atom is 0.251 e. The van der Waals surface area contributed by atoms with E-state index in [0.717, 1.165) is 17.5 Å². The quantitative estimate of drug-likeness (QED) is 0.823. The summed E-state index contributed by atoms with van der Waals surface area (Å²) in [7, 11) is 3.38. The van der Waals surface area contributed by atoms with Crippen LogP contribution in [0.4, 0.5) is 0 Å². The number of benzene rings is 2. The highest BCUT2D eigenvalue weighted by molar-refractivity contribution is 5.94. The standard InChI is InChI=1S/C21H24N2O2/c1-4-16-5-7-18(8-6-16)15-23(3)20(24)14-11-17-9-12-19(13-10-17)21(25)22-2/h5-14H,4,15H2,1-3H3,(H,22,25)/b14-11+. The molecule has 0 unspecified atom stereocenters. The molecular formula is C21H24N2O2. The fourth-order valence-electron chi connectivity index (χ4n) is 2.42. The molecule has 130 valence electrons. The van der Waals surface area contributed by atoms with Crippen LogP contribution in [0.5, 0.6) is 0 Å². The molecule has 0 radical (unpaired) electrons. The van der Waals surface area contributed by atoms with Crippen molar-refractivity contribution in [1.29, 1.82) is 0 Å². The Bertz CT molecular complexity index is 746. The number of likely N-dealkylation sites (N-methyl/N-ethyl adjacent to an activating group) is 1. The Kier molecular flexibility index (Phi) is 6.52. The molecule has 0 aliphatic carbocycles. The van der Waals surface area contributed by atoms with E-state index in [2.05, 4.69) is 36.5 Å². The third-order valence-corrected chi connectivity index (χ3v) is 4.05. The third kappa shape index (κ3) is 5.31. The molecule has 1 N–H and O–H groups in total. The molecule has 0 saturated carbocycles. The second-order valence-corrected chi connectivity index (χ2v) is 5.90. The fourth-order valence-corrected chi connectivity index (χ4v) is 2.42. The zero-order valence-electron chi connectivity index (χ0n) is 15.0. The number of carbonyl (C=O) groups excluding carboxylic acids is 2. The molecule has 0 atom stereocenters. The van der Waals surface area contributed by atoms with Crippen LogP contribution in [0, 0.1) is 0 Å². The van der Waals surface area contributed by atoms with Gasteiger partial charge in [-0.1, -0.05) is 43.3 Å². The fraction of sp³-hybridized carbons (Fsp3) is 0.238. The molecule has 2 amide bonds. The first-order valence-corrected chi connectivity index (χ1v) is 8.36. The van der Waals surface area contributed by atoms with Gasteiger partial charge in [-0.25, -0.2) is 0 Å². The molecule has 0 aliphatic heterocycles. The molecule has 4 heteroatoms. The lowest BCUT2D eigenvalue weighted by atomic mass is 10.1. The molecule has 2 rings (SSSR count). The topological polar surface area (TPSA) is 49.4 Å². The molecule has 0 aliphatic rings. The summed E-state index contributed by atoms with van der Waals surface area (Å²) >= 11 is 0. The van der Waals surface area contributed by atoms with Crippen molar-refractivity contribution in [2.24, 2.45) is 0 Å². The van der Waals surface area contributed by atoms with Gasteiger partial charge in [-0.3, -0.25) is 9.59 Å². The van der Waals surface area contributed by atoms with Crippen LogP contribution in [0.3, 0.4) is 0 Å². The third-order valence-electron chi connectivity index (χ3n) is 4.05. The van der Waals surface area contributed by atoms with E-state index in [9.17, 15) is 9.59 Å². The van der Waals surface area contributed by atoms with Crippen LogP contribution in [0.15, 0.2) is 54.6 Å². The van der Waals surface area contributed by atoms with Crippen molar-refractivity contribution in [2.45, 2.75) is 19.9 Å². The highest BCUT2D eigenvalue weighted by atomic mass is 16.2. The second-order valence-electron chi connectivity index (χ2n) is 5.90. The number of nitrogens with zero attached hydrogens (tertiary/aromatic N) is 1. The van der Waals surface area contributed by atoms with Crippen LogP contribution in [0.1, 0.15) is 34.0 Å². The van der Waals surface area contributed by atoms with Gasteiger partial charge in [0.2, 0.25) is 5.91 Å². The van der Waals surface area contributed by atoms with Gasteiger partial charge in [0.25, 0.3) is 5.91 Å². The van der Waals surface area contributed by atoms with Crippen molar-refractivity contribution < 1.29 is 9.59 Å². The van der Waals surface area contributed by atoms with Crippen molar-refractivity contribution in [3.63, 3.8) is 0 Å². The van der Waals surface area contributed by atoms with E-state index >= 15 is 0 Å². The Balaban J connectivity index is 1.95. The molecule has 0 aromatic heterocycles. The highest BCUT2D eigenvalue weighted by Crippen LogP contribution is 2.09. The van der Waals surface area contributed by atoms with Gasteiger partial charge in [-0.2, -0.15) is 0 Å². The number of hydrogen-bond donors (Lipinski definition) is 1. The zero-order chi connectivity index (χ0) is 18.2. The van der Waals surface area contributed by atoms with Crippen LogP contribution < -0.4 is 5.32 Å². The summed E-state index contributed by atoms with van der Waals surface area (Å²) in [4.78, 5) is 25.4. The van der Waals surface area contributed by atoms with Crippen molar-refractivity contribution in [1.82, 2.24) is 10.2 Å². The number of carbonyl (C=O) groups is 2. The van der Waals surface area contributed by atoms with E-state index in [1.165, 1.54) is 5.56 Å². The van der Waals surface area contributed by atoms with Crippen LogP contribution in [-0.2, 0) is 17.8 Å². The zero-order valence-corrected chi connectivity index (χ0v) is 15.0. The van der Waals surface area contributed by atoms with Gasteiger partial charge in [0.1, 0.15) is 0 Å². The molecular weight excluding hydrogens is 312 g/mol.